The van der Waals surface area contributed by atoms with Crippen LogP contribution in [0.15, 0.2) is 12.1 Å². The van der Waals surface area contributed by atoms with Crippen LogP contribution in [0.4, 0.5) is 0 Å². The quantitative estimate of drug-likeness (QED) is 0.613. The molecule has 0 spiro atoms. The molecule has 4 heteroatoms. The summed E-state index contributed by atoms with van der Waals surface area (Å²) in [5.74, 6) is -0.127. The Bertz CT molecular complexity index is 601. The number of hydrogen-bond donors (Lipinski definition) is 0. The Balaban J connectivity index is 2.46. The second-order valence-corrected chi connectivity index (χ2v) is 7.79. The van der Waals surface area contributed by atoms with Gasteiger partial charge in [-0.2, -0.15) is 0 Å². The first-order valence-corrected chi connectivity index (χ1v) is 8.28. The summed E-state index contributed by atoms with van der Waals surface area (Å²) in [4.78, 5) is 11.7. The average molecular weight is 360 g/mol. The maximum atomic E-state index is 11.7. The van der Waals surface area contributed by atoms with Crippen molar-refractivity contribution in [3.8, 4) is 0 Å². The minimum absolute atomic E-state index is 0.127. The molecule has 0 atom stereocenters. The normalized spacial score (nSPS) is 10.9. The van der Waals surface area contributed by atoms with Gasteiger partial charge in [0.1, 0.15) is 0 Å². The Labute approximate surface area is 117 Å². The van der Waals surface area contributed by atoms with Gasteiger partial charge in [-0.15, -0.1) is 0 Å². The van der Waals surface area contributed by atoms with E-state index >= 15 is 0 Å². The fourth-order valence-electron chi connectivity index (χ4n) is 2.02. The van der Waals surface area contributed by atoms with Gasteiger partial charge in [-0.1, -0.05) is 0 Å². The topological polar surface area (TPSA) is 30.2 Å². The van der Waals surface area contributed by atoms with E-state index in [9.17, 15) is 4.79 Å². The molecule has 0 fully saturated rings. The van der Waals surface area contributed by atoms with Crippen LogP contribution in [-0.4, -0.2) is 33.3 Å². The number of benzene rings is 1. The van der Waals surface area contributed by atoms with E-state index in [4.69, 9.17) is 4.74 Å². The van der Waals surface area contributed by atoms with Crippen LogP contribution >= 0.6 is 0 Å². The first kappa shape index (κ1) is 13.6. The summed E-state index contributed by atoms with van der Waals surface area (Å²) in [6, 6.07) is 4.50. The molecule has 2 aromatic rings. The zero-order valence-corrected chi connectivity index (χ0v) is 13.6. The molecule has 1 heterocycles. The molecule has 0 aliphatic rings. The SMILES string of the molecule is CCOC(=O)Cc1c2cc(C)c(C)cc2[te][n+]1C. The molecule has 2 rings (SSSR count). The number of aryl methyl sites for hydroxylation is 3. The van der Waals surface area contributed by atoms with Crippen molar-refractivity contribution in [2.24, 2.45) is 7.05 Å². The van der Waals surface area contributed by atoms with Gasteiger partial charge >= 0.3 is 118 Å². The Hall–Kier alpha value is -0.850. The van der Waals surface area contributed by atoms with Gasteiger partial charge in [-0.25, -0.2) is 0 Å². The van der Waals surface area contributed by atoms with E-state index in [-0.39, 0.29) is 26.7 Å². The van der Waals surface area contributed by atoms with Crippen LogP contribution in [-0.2, 0) is 23.0 Å². The van der Waals surface area contributed by atoms with Crippen molar-refractivity contribution in [2.75, 3.05) is 6.61 Å². The van der Waals surface area contributed by atoms with Crippen LogP contribution in [0, 0.1) is 13.8 Å². The fraction of sp³-hybridized carbons (Fsp3) is 0.429. The van der Waals surface area contributed by atoms with Gasteiger partial charge in [-0.05, 0) is 0 Å². The van der Waals surface area contributed by atoms with E-state index in [1.807, 2.05) is 6.92 Å². The molecule has 18 heavy (non-hydrogen) atoms. The standard InChI is InChI=1S/C14H18NO2Te/c1-5-17-14(16)8-12-11-6-9(2)10(3)7-13(11)18-15(12)4/h6-7H,5,8H2,1-4H3/q+1. The number of aromatic nitrogens is 1. The van der Waals surface area contributed by atoms with Crippen molar-refractivity contribution in [1.29, 1.82) is 0 Å². The Kier molecular flexibility index (Phi) is 4.09. The van der Waals surface area contributed by atoms with E-state index in [1.165, 1.54) is 19.9 Å². The summed E-state index contributed by atoms with van der Waals surface area (Å²) >= 11 is -0.353. The molecule has 0 saturated heterocycles. The third-order valence-electron chi connectivity index (χ3n) is 3.14. The molecule has 1 aromatic heterocycles. The van der Waals surface area contributed by atoms with Crippen LogP contribution < -0.4 is 2.79 Å². The van der Waals surface area contributed by atoms with Gasteiger partial charge in [0.05, 0.1) is 0 Å². The first-order valence-electron chi connectivity index (χ1n) is 6.07. The molecule has 1 aromatic carbocycles. The summed E-state index contributed by atoms with van der Waals surface area (Å²) in [6.45, 7) is 6.56. The Morgan fingerprint density at radius 3 is 2.67 bits per heavy atom. The van der Waals surface area contributed by atoms with Gasteiger partial charge in [0.25, 0.3) is 0 Å². The van der Waals surface area contributed by atoms with Crippen LogP contribution in [0.25, 0.3) is 8.79 Å². The summed E-state index contributed by atoms with van der Waals surface area (Å²) in [6.07, 6.45) is 0.393. The molecule has 0 unspecified atom stereocenters. The summed E-state index contributed by atoms with van der Waals surface area (Å²) < 4.78 is 8.75. The van der Waals surface area contributed by atoms with Crippen molar-refractivity contribution < 1.29 is 12.3 Å². The number of esters is 1. The molecule has 0 saturated carbocycles. The molecular formula is C14H18NO2Te+. The van der Waals surface area contributed by atoms with E-state index in [0.29, 0.717) is 13.0 Å². The molecule has 0 aliphatic carbocycles. The van der Waals surface area contributed by atoms with E-state index in [0.717, 1.165) is 5.69 Å². The molecule has 0 amide bonds. The van der Waals surface area contributed by atoms with Crippen molar-refractivity contribution in [3.63, 3.8) is 0 Å². The van der Waals surface area contributed by atoms with Gasteiger partial charge in [0.15, 0.2) is 0 Å². The predicted octanol–water partition coefficient (Wildman–Crippen LogP) is 1.44. The number of nitrogens with zero attached hydrogens (tertiary/aromatic N) is 1. The van der Waals surface area contributed by atoms with Crippen molar-refractivity contribution in [3.05, 3.63) is 29.0 Å². The number of rotatable bonds is 3. The molecule has 0 aliphatic heterocycles. The third kappa shape index (κ3) is 2.60. The van der Waals surface area contributed by atoms with E-state index in [1.54, 1.807) is 0 Å². The number of ether oxygens (including phenoxy) is 1. The first-order chi connectivity index (χ1) is 8.52. The van der Waals surface area contributed by atoms with Crippen LogP contribution in [0.1, 0.15) is 23.7 Å². The number of hydrogen-bond acceptors (Lipinski definition) is 2. The summed E-state index contributed by atoms with van der Waals surface area (Å²) in [5.41, 5.74) is 3.76. The van der Waals surface area contributed by atoms with E-state index < -0.39 is 0 Å². The van der Waals surface area contributed by atoms with Gasteiger partial charge in [0.2, 0.25) is 0 Å². The second kappa shape index (κ2) is 5.42. The minimum atomic E-state index is -0.353. The van der Waals surface area contributed by atoms with Crippen molar-refractivity contribution >= 4 is 35.5 Å². The van der Waals surface area contributed by atoms with Crippen molar-refractivity contribution in [1.82, 2.24) is 0 Å². The maximum absolute atomic E-state index is 11.7. The summed E-state index contributed by atoms with van der Waals surface area (Å²) in [7, 11) is 2.08. The van der Waals surface area contributed by atoms with Crippen LogP contribution in [0.5, 0.6) is 0 Å². The zero-order chi connectivity index (χ0) is 13.3. The van der Waals surface area contributed by atoms with Gasteiger partial charge in [-0.3, -0.25) is 0 Å². The molecule has 96 valence electrons. The Morgan fingerprint density at radius 2 is 2.00 bits per heavy atom. The predicted molar refractivity (Wildman–Crippen MR) is 71.9 cm³/mol. The second-order valence-electron chi connectivity index (χ2n) is 4.45. The van der Waals surface area contributed by atoms with Gasteiger partial charge in [0, 0.05) is 0 Å². The number of carbonyl (C=O) groups excluding carboxylic acids is 1. The van der Waals surface area contributed by atoms with Crippen LogP contribution in [0.2, 0.25) is 0 Å². The molecule has 0 N–H and O–H groups in total. The monoisotopic (exact) mass is 362 g/mol. The third-order valence-corrected chi connectivity index (χ3v) is 6.08. The molecule has 0 bridgehead atoms. The number of carbonyl (C=O) groups is 1. The Morgan fingerprint density at radius 1 is 1.33 bits per heavy atom. The molecule has 0 radical (unpaired) electrons. The average Bonchev–Trinajstić information content (AvgIpc) is 2.57. The zero-order valence-electron chi connectivity index (χ0n) is 11.2. The van der Waals surface area contributed by atoms with E-state index in [2.05, 4.69) is 35.8 Å². The summed E-state index contributed by atoms with van der Waals surface area (Å²) in [5, 5.41) is 1.26. The fourth-order valence-corrected chi connectivity index (χ4v) is 5.08. The molecule has 3 nitrogen and oxygen atoms in total. The van der Waals surface area contributed by atoms with Gasteiger partial charge < -0.3 is 0 Å². The van der Waals surface area contributed by atoms with Crippen LogP contribution in [0.3, 0.4) is 0 Å². The molecular weight excluding hydrogens is 342 g/mol. The van der Waals surface area contributed by atoms with Crippen molar-refractivity contribution in [2.45, 2.75) is 27.2 Å². The number of fused-ring (bicyclic) bond motifs is 1.